The number of piperidine rings is 1. The Kier molecular flexibility index (Phi) is 29.5. The van der Waals surface area contributed by atoms with Crippen LogP contribution in [0.5, 0.6) is 0 Å². The lowest BCUT2D eigenvalue weighted by Gasteiger charge is -2.43. The summed E-state index contributed by atoms with van der Waals surface area (Å²) in [6.45, 7) is 15.6. The number of fused-ring (bicyclic) bond motifs is 3. The van der Waals surface area contributed by atoms with Gasteiger partial charge >= 0.3 is 12.1 Å². The standard InChI is InChI=1S/C59H97N3O17/c1-11-74-27-28-76-30-29-75-26-24-61-58(69)78-47-23-21-43(34-51(47)73-10)33-45(60)50-36-49(72-9)39(4)32-41(6)53(64)54(65)52(63)40(5)31-37(2)17-13-12-14-18-38(3)48(71-8)35-44-22-20-42(7)59(70,79-44)55(66)56(67)62-25-16-15-19-46(62)57(68)77-50/h12-14,17-18,32,37,39-40,42-51,53-54,64-65,70H,11,15-16,19-31,33-36,60H2,1-10H3,(H,61,69)/b14-12+,17-13+,38-18+,41-32+/t37-,39-,40-,42-,43+,44+,45-,46+,47-,48+,49-,50+,51-,53-,54+,59-/m1/s1. The molecule has 3 heterocycles. The molecule has 0 spiro atoms. The van der Waals surface area contributed by atoms with Gasteiger partial charge in [-0.15, -0.1) is 0 Å². The summed E-state index contributed by atoms with van der Waals surface area (Å²) in [5.41, 5.74) is 8.30. The second-order valence-electron chi connectivity index (χ2n) is 22.2. The molecule has 0 unspecified atom stereocenters. The number of aliphatic hydroxyl groups excluding tert-OH is 2. The topological polar surface area (TPSA) is 270 Å². The molecule has 20 heteroatoms. The minimum absolute atomic E-state index is 0.0401. The van der Waals surface area contributed by atoms with Crippen molar-refractivity contribution in [1.82, 2.24) is 10.2 Å². The molecular formula is C59H97N3O17. The number of esters is 1. The Morgan fingerprint density at radius 1 is 0.797 bits per heavy atom. The van der Waals surface area contributed by atoms with Crippen LogP contribution in [0.25, 0.3) is 0 Å². The van der Waals surface area contributed by atoms with Gasteiger partial charge in [0.25, 0.3) is 11.7 Å². The van der Waals surface area contributed by atoms with Crippen molar-refractivity contribution in [3.05, 3.63) is 47.6 Å². The summed E-state index contributed by atoms with van der Waals surface area (Å²) in [4.78, 5) is 71.0. The number of cyclic esters (lactones) is 1. The maximum Gasteiger partial charge on any atom is 0.407 e. The van der Waals surface area contributed by atoms with Crippen LogP contribution in [-0.2, 0) is 61.8 Å². The predicted octanol–water partition coefficient (Wildman–Crippen LogP) is 5.47. The van der Waals surface area contributed by atoms with Gasteiger partial charge in [0.2, 0.25) is 5.79 Å². The molecule has 79 heavy (non-hydrogen) atoms. The third-order valence-corrected chi connectivity index (χ3v) is 16.1. The fourth-order valence-electron chi connectivity index (χ4n) is 11.2. The normalized spacial score (nSPS) is 36.2. The van der Waals surface area contributed by atoms with Crippen molar-refractivity contribution >= 4 is 29.5 Å². The highest BCUT2D eigenvalue weighted by Gasteiger charge is 2.53. The van der Waals surface area contributed by atoms with Gasteiger partial charge in [-0.2, -0.15) is 0 Å². The lowest BCUT2D eigenvalue weighted by atomic mass is 9.80. The molecule has 4 aliphatic rings. The quantitative estimate of drug-likeness (QED) is 0.0523. The number of alkyl carbamates (subject to hydrolysis) is 1. The summed E-state index contributed by atoms with van der Waals surface area (Å²) in [5, 5.41) is 37.3. The summed E-state index contributed by atoms with van der Waals surface area (Å²) >= 11 is 0. The number of carbonyl (C=O) groups is 5. The van der Waals surface area contributed by atoms with E-state index in [0.717, 1.165) is 5.57 Å². The van der Waals surface area contributed by atoms with Crippen LogP contribution < -0.4 is 11.1 Å². The van der Waals surface area contributed by atoms with Crippen LogP contribution in [0.4, 0.5) is 4.79 Å². The average molecular weight is 1120 g/mol. The Balaban J connectivity index is 1.59. The van der Waals surface area contributed by atoms with Crippen molar-refractivity contribution in [2.45, 2.75) is 192 Å². The first-order valence-corrected chi connectivity index (χ1v) is 28.8. The minimum atomic E-state index is -2.46. The van der Waals surface area contributed by atoms with Crippen LogP contribution in [0.2, 0.25) is 0 Å². The highest BCUT2D eigenvalue weighted by atomic mass is 16.6. The summed E-state index contributed by atoms with van der Waals surface area (Å²) in [5.74, 6) is -7.80. The highest BCUT2D eigenvalue weighted by Crippen LogP contribution is 2.38. The van der Waals surface area contributed by atoms with Gasteiger partial charge in [0.1, 0.15) is 30.5 Å². The van der Waals surface area contributed by atoms with Crippen LogP contribution in [0, 0.1) is 29.6 Å². The maximum atomic E-state index is 14.7. The Bertz CT molecular complexity index is 2030. The van der Waals surface area contributed by atoms with Crippen molar-refractivity contribution in [2.75, 3.05) is 74.1 Å². The van der Waals surface area contributed by atoms with Crippen LogP contribution in [0.1, 0.15) is 126 Å². The van der Waals surface area contributed by atoms with E-state index in [1.165, 1.54) is 12.0 Å². The van der Waals surface area contributed by atoms with Gasteiger partial charge in [0.15, 0.2) is 5.78 Å². The lowest BCUT2D eigenvalue weighted by Crippen LogP contribution is -2.61. The van der Waals surface area contributed by atoms with Crippen LogP contribution in [0.3, 0.4) is 0 Å². The molecule has 6 N–H and O–H groups in total. The van der Waals surface area contributed by atoms with Crippen molar-refractivity contribution in [3.63, 3.8) is 0 Å². The number of nitrogens with two attached hydrogens (primary N) is 1. The molecular weight excluding hydrogens is 1020 g/mol. The van der Waals surface area contributed by atoms with E-state index >= 15 is 0 Å². The number of rotatable bonds is 17. The fourth-order valence-corrected chi connectivity index (χ4v) is 11.2. The first-order valence-electron chi connectivity index (χ1n) is 28.8. The zero-order chi connectivity index (χ0) is 58.2. The molecule has 450 valence electrons. The van der Waals surface area contributed by atoms with Crippen molar-refractivity contribution < 1.29 is 81.9 Å². The second-order valence-corrected chi connectivity index (χ2v) is 22.2. The van der Waals surface area contributed by atoms with Crippen molar-refractivity contribution in [3.8, 4) is 0 Å². The third kappa shape index (κ3) is 20.8. The summed E-state index contributed by atoms with van der Waals surface area (Å²) in [6.07, 6.45) is 8.43. The van der Waals surface area contributed by atoms with Gasteiger partial charge in [-0.3, -0.25) is 14.4 Å². The number of nitrogens with one attached hydrogen (secondary N) is 1. The Morgan fingerprint density at radius 2 is 1.49 bits per heavy atom. The predicted molar refractivity (Wildman–Crippen MR) is 295 cm³/mol. The number of aliphatic hydroxyl groups is 3. The molecule has 3 aliphatic heterocycles. The number of amides is 2. The van der Waals surface area contributed by atoms with Crippen LogP contribution >= 0.6 is 0 Å². The van der Waals surface area contributed by atoms with E-state index in [9.17, 15) is 39.3 Å². The van der Waals surface area contributed by atoms with Crippen molar-refractivity contribution in [2.24, 2.45) is 35.3 Å². The number of Topliss-reactive ketones (excluding diaryl/α,β-unsaturated/α-hetero) is 2. The Hall–Kier alpha value is -3.93. The molecule has 1 saturated carbocycles. The number of carbonyl (C=O) groups excluding carboxylic acids is 5. The highest BCUT2D eigenvalue weighted by molar-refractivity contribution is 6.39. The molecule has 0 aromatic rings. The summed E-state index contributed by atoms with van der Waals surface area (Å²) < 4.78 is 52.4. The molecule has 0 aromatic carbocycles. The van der Waals surface area contributed by atoms with Gasteiger partial charge < -0.3 is 73.9 Å². The number of ketones is 2. The zero-order valence-electron chi connectivity index (χ0n) is 48.8. The Morgan fingerprint density at radius 3 is 2.18 bits per heavy atom. The number of hydrogen-bond acceptors (Lipinski definition) is 18. The van der Waals surface area contributed by atoms with E-state index in [1.54, 1.807) is 41.1 Å². The Labute approximate surface area is 469 Å². The molecule has 2 saturated heterocycles. The van der Waals surface area contributed by atoms with Gasteiger partial charge in [-0.1, -0.05) is 64.2 Å². The van der Waals surface area contributed by atoms with Gasteiger partial charge in [0, 0.05) is 77.7 Å². The summed E-state index contributed by atoms with van der Waals surface area (Å²) in [6, 6.07) is -1.98. The van der Waals surface area contributed by atoms with E-state index in [2.05, 4.69) is 5.32 Å². The van der Waals surface area contributed by atoms with Gasteiger partial charge in [-0.05, 0) is 108 Å². The molecule has 16 atom stereocenters. The first kappa shape index (κ1) is 67.6. The van der Waals surface area contributed by atoms with Gasteiger partial charge in [-0.25, -0.2) is 9.59 Å². The number of methoxy groups -OCH3 is 3. The van der Waals surface area contributed by atoms with Crippen LogP contribution in [-0.4, -0.2) is 191 Å². The number of nitrogens with zero attached hydrogens (tertiary/aromatic N) is 1. The number of hydrogen-bond donors (Lipinski definition) is 5. The second kappa shape index (κ2) is 34.5. The molecule has 1 aliphatic carbocycles. The molecule has 0 aromatic heterocycles. The van der Waals surface area contributed by atoms with E-state index in [-0.39, 0.29) is 44.4 Å². The average Bonchev–Trinajstić information content (AvgIpc) is 3.47. The van der Waals surface area contributed by atoms with E-state index in [1.807, 2.05) is 58.1 Å². The lowest BCUT2D eigenvalue weighted by molar-refractivity contribution is -0.265. The molecule has 3 fully saturated rings. The molecule has 4 rings (SSSR count). The smallest absolute Gasteiger partial charge is 0.407 e. The fraction of sp³-hybridized carbons (Fsp3) is 0.780. The number of ether oxygens (including phenoxy) is 9. The zero-order valence-corrected chi connectivity index (χ0v) is 48.8. The third-order valence-electron chi connectivity index (χ3n) is 16.1. The van der Waals surface area contributed by atoms with Crippen LogP contribution in [0.15, 0.2) is 47.6 Å². The van der Waals surface area contributed by atoms with E-state index in [0.29, 0.717) is 103 Å². The van der Waals surface area contributed by atoms with Gasteiger partial charge in [0.05, 0.1) is 57.5 Å². The molecule has 0 radical (unpaired) electrons. The monoisotopic (exact) mass is 1120 g/mol. The minimum Gasteiger partial charge on any atom is -0.459 e. The first-order chi connectivity index (χ1) is 37.7. The van der Waals surface area contributed by atoms with Crippen molar-refractivity contribution in [1.29, 1.82) is 0 Å². The molecule has 2 amide bonds. The summed E-state index contributed by atoms with van der Waals surface area (Å²) in [7, 11) is 4.62. The van der Waals surface area contributed by atoms with E-state index < -0.39 is 114 Å². The maximum absolute atomic E-state index is 14.7. The SMILES string of the molecule is CCOCCOCCOCCNC(=O)O[C@@H]1CC[C@@H](C[C@@H](N)[C@@H]2C[C@@H](OC)[C@H](C)/C=C(\C)[C@@H](O)[C@@H](O)C(=O)[C@H](C)C[C@H](C)/C=C/C=C/C=C(\C)[C@@H](OC)C[C@@H]3CC[C@@H](C)[C@@](O)(O3)C(=O)C(=O)N3CCCC[C@H]3C(=O)O2)C[C@H]1OC. The molecule has 2 bridgehead atoms. The molecule has 20 nitrogen and oxygen atoms in total. The number of allylic oxidation sites excluding steroid dienone is 5. The largest absolute Gasteiger partial charge is 0.459 e. The van der Waals surface area contributed by atoms with E-state index in [4.69, 9.17) is 48.4 Å².